The van der Waals surface area contributed by atoms with Crippen molar-refractivity contribution in [2.45, 2.75) is 45.4 Å². The molecule has 1 aliphatic heterocycles. The third kappa shape index (κ3) is 5.52. The fourth-order valence-corrected chi connectivity index (χ4v) is 1.86. The van der Waals surface area contributed by atoms with E-state index in [9.17, 15) is 9.59 Å². The first-order valence-corrected chi connectivity index (χ1v) is 6.38. The molecule has 4 nitrogen and oxygen atoms in total. The smallest absolute Gasteiger partial charge is 0.332 e. The molecule has 0 aromatic rings. The maximum Gasteiger partial charge on any atom is 0.332 e. The summed E-state index contributed by atoms with van der Waals surface area (Å²) in [5.74, 6) is -0.285. The Kier molecular flexibility index (Phi) is 6.37. The zero-order valence-corrected chi connectivity index (χ0v) is 10.5. The SMILES string of the molecule is CCOC(=O)/C=C/N1CCCCCCCC1=O. The van der Waals surface area contributed by atoms with E-state index in [0.29, 0.717) is 19.6 Å². The molecule has 1 saturated heterocycles. The first-order valence-electron chi connectivity index (χ1n) is 6.38. The van der Waals surface area contributed by atoms with E-state index < -0.39 is 0 Å². The molecule has 1 rings (SSSR count). The minimum atomic E-state index is -0.389. The normalized spacial score (nSPS) is 18.6. The van der Waals surface area contributed by atoms with Crippen molar-refractivity contribution in [3.8, 4) is 0 Å². The molecule has 0 bridgehead atoms. The van der Waals surface area contributed by atoms with Gasteiger partial charge < -0.3 is 9.64 Å². The fraction of sp³-hybridized carbons (Fsp3) is 0.692. The van der Waals surface area contributed by atoms with E-state index >= 15 is 0 Å². The third-order valence-corrected chi connectivity index (χ3v) is 2.79. The Balaban J connectivity index is 2.51. The van der Waals surface area contributed by atoms with Crippen LogP contribution < -0.4 is 0 Å². The van der Waals surface area contributed by atoms with Gasteiger partial charge in [-0.3, -0.25) is 4.79 Å². The van der Waals surface area contributed by atoms with Crippen molar-refractivity contribution in [3.05, 3.63) is 12.3 Å². The van der Waals surface area contributed by atoms with Crippen LogP contribution in [0.1, 0.15) is 45.4 Å². The van der Waals surface area contributed by atoms with Gasteiger partial charge in [-0.2, -0.15) is 0 Å². The number of nitrogens with zero attached hydrogens (tertiary/aromatic N) is 1. The molecule has 1 heterocycles. The largest absolute Gasteiger partial charge is 0.463 e. The van der Waals surface area contributed by atoms with Crippen molar-refractivity contribution in [2.24, 2.45) is 0 Å². The second-order valence-corrected chi connectivity index (χ2v) is 4.17. The van der Waals surface area contributed by atoms with Gasteiger partial charge in [0.25, 0.3) is 0 Å². The Morgan fingerprint density at radius 3 is 2.76 bits per heavy atom. The van der Waals surface area contributed by atoms with E-state index in [-0.39, 0.29) is 11.9 Å². The zero-order valence-electron chi connectivity index (χ0n) is 10.5. The Labute approximate surface area is 103 Å². The van der Waals surface area contributed by atoms with Gasteiger partial charge in [0.05, 0.1) is 6.61 Å². The molecule has 4 heteroatoms. The molecule has 0 radical (unpaired) electrons. The van der Waals surface area contributed by atoms with Crippen molar-refractivity contribution < 1.29 is 14.3 Å². The van der Waals surface area contributed by atoms with Gasteiger partial charge in [-0.1, -0.05) is 19.3 Å². The van der Waals surface area contributed by atoms with E-state index in [1.165, 1.54) is 12.5 Å². The maximum atomic E-state index is 11.8. The lowest BCUT2D eigenvalue weighted by molar-refractivity contribution is -0.137. The lowest BCUT2D eigenvalue weighted by Crippen LogP contribution is -2.26. The topological polar surface area (TPSA) is 46.6 Å². The van der Waals surface area contributed by atoms with E-state index in [1.54, 1.807) is 18.0 Å². The quantitative estimate of drug-likeness (QED) is 0.560. The molecular formula is C13H21NO3. The van der Waals surface area contributed by atoms with Crippen LogP contribution in [0.4, 0.5) is 0 Å². The summed E-state index contributed by atoms with van der Waals surface area (Å²) in [7, 11) is 0. The first kappa shape index (κ1) is 13.7. The lowest BCUT2D eigenvalue weighted by atomic mass is 10.1. The summed E-state index contributed by atoms with van der Waals surface area (Å²) in [5, 5.41) is 0. The summed E-state index contributed by atoms with van der Waals surface area (Å²) in [5.41, 5.74) is 0. The van der Waals surface area contributed by atoms with Crippen LogP contribution in [0, 0.1) is 0 Å². The fourth-order valence-electron chi connectivity index (χ4n) is 1.86. The summed E-state index contributed by atoms with van der Waals surface area (Å²) in [4.78, 5) is 24.6. The molecule has 0 aromatic carbocycles. The highest BCUT2D eigenvalue weighted by Gasteiger charge is 2.12. The first-order chi connectivity index (χ1) is 8.24. The van der Waals surface area contributed by atoms with Gasteiger partial charge in [0, 0.05) is 25.2 Å². The Hall–Kier alpha value is -1.32. The second-order valence-electron chi connectivity index (χ2n) is 4.17. The van der Waals surface area contributed by atoms with Gasteiger partial charge in [0.1, 0.15) is 0 Å². The summed E-state index contributed by atoms with van der Waals surface area (Å²) >= 11 is 0. The highest BCUT2D eigenvalue weighted by Crippen LogP contribution is 2.12. The number of ether oxygens (including phenoxy) is 1. The van der Waals surface area contributed by atoms with Crippen molar-refractivity contribution in [1.29, 1.82) is 0 Å². The number of hydrogen-bond donors (Lipinski definition) is 0. The molecule has 0 aromatic heterocycles. The highest BCUT2D eigenvalue weighted by atomic mass is 16.5. The monoisotopic (exact) mass is 239 g/mol. The Morgan fingerprint density at radius 2 is 2.00 bits per heavy atom. The molecule has 0 spiro atoms. The van der Waals surface area contributed by atoms with E-state index in [1.807, 2.05) is 0 Å². The second kappa shape index (κ2) is 7.87. The molecule has 1 aliphatic rings. The minimum Gasteiger partial charge on any atom is -0.463 e. The van der Waals surface area contributed by atoms with Gasteiger partial charge in [-0.15, -0.1) is 0 Å². The molecule has 0 aliphatic carbocycles. The van der Waals surface area contributed by atoms with Crippen LogP contribution in [0.3, 0.4) is 0 Å². The van der Waals surface area contributed by atoms with Gasteiger partial charge in [-0.25, -0.2) is 4.79 Å². The predicted octanol–water partition coefficient (Wildman–Crippen LogP) is 2.25. The van der Waals surface area contributed by atoms with Crippen molar-refractivity contribution >= 4 is 11.9 Å². The molecular weight excluding hydrogens is 218 g/mol. The van der Waals surface area contributed by atoms with Crippen LogP contribution in [0.25, 0.3) is 0 Å². The summed E-state index contributed by atoms with van der Waals surface area (Å²) in [6, 6.07) is 0. The van der Waals surface area contributed by atoms with Crippen molar-refractivity contribution in [3.63, 3.8) is 0 Å². The Bertz CT molecular complexity index is 286. The number of amides is 1. The number of esters is 1. The average molecular weight is 239 g/mol. The van der Waals surface area contributed by atoms with Gasteiger partial charge >= 0.3 is 5.97 Å². The van der Waals surface area contributed by atoms with Crippen LogP contribution in [0.2, 0.25) is 0 Å². The summed E-state index contributed by atoms with van der Waals surface area (Å²) in [6.07, 6.45) is 8.89. The molecule has 17 heavy (non-hydrogen) atoms. The number of carbonyl (C=O) groups is 2. The van der Waals surface area contributed by atoms with E-state index in [0.717, 1.165) is 25.7 Å². The van der Waals surface area contributed by atoms with Crippen LogP contribution in [-0.4, -0.2) is 29.9 Å². The number of rotatable bonds is 3. The molecule has 1 fully saturated rings. The molecule has 96 valence electrons. The van der Waals surface area contributed by atoms with Crippen LogP contribution in [0.15, 0.2) is 12.3 Å². The van der Waals surface area contributed by atoms with Crippen molar-refractivity contribution in [1.82, 2.24) is 4.90 Å². The summed E-state index contributed by atoms with van der Waals surface area (Å²) < 4.78 is 4.79. The molecule has 0 saturated carbocycles. The van der Waals surface area contributed by atoms with E-state index in [4.69, 9.17) is 4.74 Å². The third-order valence-electron chi connectivity index (χ3n) is 2.79. The average Bonchev–Trinajstić information content (AvgIpc) is 2.40. The highest BCUT2D eigenvalue weighted by molar-refractivity contribution is 5.83. The van der Waals surface area contributed by atoms with Gasteiger partial charge in [0.2, 0.25) is 5.91 Å². The van der Waals surface area contributed by atoms with Crippen LogP contribution in [-0.2, 0) is 14.3 Å². The number of carbonyl (C=O) groups excluding carboxylic acids is 2. The predicted molar refractivity (Wildman–Crippen MR) is 65.2 cm³/mol. The lowest BCUT2D eigenvalue weighted by Gasteiger charge is -2.16. The van der Waals surface area contributed by atoms with Crippen LogP contribution in [0.5, 0.6) is 0 Å². The molecule has 1 amide bonds. The van der Waals surface area contributed by atoms with Crippen molar-refractivity contribution in [2.75, 3.05) is 13.2 Å². The molecule has 0 N–H and O–H groups in total. The zero-order chi connectivity index (χ0) is 12.5. The van der Waals surface area contributed by atoms with Crippen LogP contribution >= 0.6 is 0 Å². The molecule has 0 unspecified atom stereocenters. The minimum absolute atomic E-state index is 0.104. The van der Waals surface area contributed by atoms with E-state index in [2.05, 4.69) is 0 Å². The molecule has 0 atom stereocenters. The summed E-state index contributed by atoms with van der Waals surface area (Å²) in [6.45, 7) is 2.82. The van der Waals surface area contributed by atoms with Gasteiger partial charge in [-0.05, 0) is 19.8 Å². The standard InChI is InChI=1S/C13H21NO3/c1-2-17-13(16)9-11-14-10-7-5-3-4-6-8-12(14)15/h9,11H,2-8,10H2,1H3/b11-9+. The Morgan fingerprint density at radius 1 is 1.29 bits per heavy atom. The maximum absolute atomic E-state index is 11.8. The van der Waals surface area contributed by atoms with Gasteiger partial charge in [0.15, 0.2) is 0 Å². The number of hydrogen-bond acceptors (Lipinski definition) is 3.